The molecule has 0 radical (unpaired) electrons. The Hall–Kier alpha value is -2.91. The number of aromatic nitrogens is 4. The van der Waals surface area contributed by atoms with Gasteiger partial charge in [0.2, 0.25) is 5.78 Å². The highest BCUT2D eigenvalue weighted by Crippen LogP contribution is 2.65. The van der Waals surface area contributed by atoms with E-state index in [0.29, 0.717) is 35.6 Å². The van der Waals surface area contributed by atoms with Crippen LogP contribution in [0, 0.1) is 12.8 Å². The van der Waals surface area contributed by atoms with Gasteiger partial charge < -0.3 is 19.9 Å². The number of hydrogen-bond donors (Lipinski definition) is 3. The van der Waals surface area contributed by atoms with Crippen molar-refractivity contribution in [1.82, 2.24) is 24.5 Å². The van der Waals surface area contributed by atoms with E-state index < -0.39 is 17.1 Å². The number of likely N-dealkylation sites (tertiary alicyclic amines) is 1. The van der Waals surface area contributed by atoms with Crippen molar-refractivity contribution in [3.8, 4) is 11.5 Å². The molecule has 33 heavy (non-hydrogen) atoms. The van der Waals surface area contributed by atoms with Crippen molar-refractivity contribution in [2.24, 2.45) is 5.92 Å². The van der Waals surface area contributed by atoms with Crippen molar-refractivity contribution in [1.29, 1.82) is 0 Å². The molecule has 3 aromatic rings. The van der Waals surface area contributed by atoms with E-state index in [4.69, 9.17) is 4.74 Å². The van der Waals surface area contributed by atoms with Gasteiger partial charge in [-0.25, -0.2) is 0 Å². The number of phenols is 1. The summed E-state index contributed by atoms with van der Waals surface area (Å²) in [5.74, 6) is 1.54. The zero-order valence-corrected chi connectivity index (χ0v) is 18.7. The van der Waals surface area contributed by atoms with E-state index in [1.165, 1.54) is 23.7 Å². The summed E-state index contributed by atoms with van der Waals surface area (Å²) >= 11 is 0. The van der Waals surface area contributed by atoms with Crippen LogP contribution >= 0.6 is 0 Å². The van der Waals surface area contributed by atoms with E-state index in [0.717, 1.165) is 30.1 Å². The SMILES string of the molecule is Cc1c([C@@H]2Oc3c(O)ccc4c3[C@@]23CCN(CC2CC2)[C@H](C4)[C@@]3(C)O)[nH]c2ncnn2c1=O. The summed E-state index contributed by atoms with van der Waals surface area (Å²) in [4.78, 5) is 23.0. The topological polar surface area (TPSA) is 116 Å². The van der Waals surface area contributed by atoms with Crippen LogP contribution in [0.4, 0.5) is 0 Å². The molecule has 2 bridgehead atoms. The molecular formula is C24H27N5O4. The second kappa shape index (κ2) is 6.15. The molecule has 7 rings (SSSR count). The molecule has 1 aromatic carbocycles. The van der Waals surface area contributed by atoms with Gasteiger partial charge in [0, 0.05) is 23.7 Å². The Morgan fingerprint density at radius 1 is 1.33 bits per heavy atom. The summed E-state index contributed by atoms with van der Waals surface area (Å²) in [5, 5.41) is 27.1. The minimum atomic E-state index is -1.13. The minimum Gasteiger partial charge on any atom is -0.504 e. The molecule has 3 N–H and O–H groups in total. The third-order valence-corrected chi connectivity index (χ3v) is 8.72. The van der Waals surface area contributed by atoms with Crippen LogP contribution in [0.25, 0.3) is 5.78 Å². The lowest BCUT2D eigenvalue weighted by molar-refractivity contribution is -0.156. The standard InChI is InChI=1S/C24H27N5O4/c1-12-18(27-22-25-11-26-29(22)21(12)31)20-24-7-8-28(10-13-3-4-13)16(23(24,2)32)9-14-5-6-15(30)19(33-20)17(14)24/h5-6,11,13,16,20,30,32H,3-4,7-10H2,1-2H3,(H,25,26,27)/t16-,20+,23-,24+/m1/s1. The van der Waals surface area contributed by atoms with Crippen LogP contribution in [-0.4, -0.2) is 59.4 Å². The third-order valence-electron chi connectivity index (χ3n) is 8.72. The van der Waals surface area contributed by atoms with Crippen molar-refractivity contribution in [3.05, 3.63) is 51.2 Å². The highest BCUT2D eigenvalue weighted by Gasteiger charge is 2.69. The van der Waals surface area contributed by atoms with Crippen LogP contribution in [0.1, 0.15) is 54.7 Å². The van der Waals surface area contributed by atoms with Crippen molar-refractivity contribution in [2.45, 2.75) is 62.7 Å². The van der Waals surface area contributed by atoms with Gasteiger partial charge in [0.15, 0.2) is 17.6 Å². The van der Waals surface area contributed by atoms with Gasteiger partial charge >= 0.3 is 0 Å². The molecule has 2 fully saturated rings. The molecule has 9 nitrogen and oxygen atoms in total. The fourth-order valence-electron chi connectivity index (χ4n) is 6.81. The van der Waals surface area contributed by atoms with Gasteiger partial charge in [-0.05, 0) is 63.6 Å². The first-order valence-electron chi connectivity index (χ1n) is 11.7. The number of aromatic amines is 1. The Labute approximate surface area is 190 Å². The quantitative estimate of drug-likeness (QED) is 0.556. The number of benzene rings is 1. The van der Waals surface area contributed by atoms with Gasteiger partial charge in [-0.3, -0.25) is 9.69 Å². The first kappa shape index (κ1) is 19.5. The number of H-pyrrole nitrogens is 1. The maximum absolute atomic E-state index is 13.1. The molecule has 2 aromatic heterocycles. The number of piperidine rings is 1. The number of phenolic OH excluding ortho intramolecular Hbond substituents is 1. The smallest absolute Gasteiger partial charge is 0.278 e. The summed E-state index contributed by atoms with van der Waals surface area (Å²) in [6.07, 6.45) is 4.57. The summed E-state index contributed by atoms with van der Waals surface area (Å²) < 4.78 is 7.73. The first-order valence-corrected chi connectivity index (χ1v) is 11.7. The Morgan fingerprint density at radius 2 is 2.15 bits per heavy atom. The number of ether oxygens (including phenoxy) is 1. The molecule has 1 saturated carbocycles. The molecule has 0 unspecified atom stereocenters. The average Bonchev–Trinajstić information content (AvgIpc) is 3.33. The van der Waals surface area contributed by atoms with E-state index in [-0.39, 0.29) is 17.4 Å². The maximum atomic E-state index is 13.1. The van der Waals surface area contributed by atoms with Crippen LogP contribution in [0.5, 0.6) is 11.5 Å². The monoisotopic (exact) mass is 449 g/mol. The van der Waals surface area contributed by atoms with Gasteiger partial charge in [0.05, 0.1) is 16.7 Å². The van der Waals surface area contributed by atoms with Crippen molar-refractivity contribution < 1.29 is 14.9 Å². The first-order chi connectivity index (χ1) is 15.8. The number of nitrogens with one attached hydrogen (secondary N) is 1. The average molecular weight is 450 g/mol. The molecular weight excluding hydrogens is 422 g/mol. The van der Waals surface area contributed by atoms with Crippen LogP contribution in [0.15, 0.2) is 23.3 Å². The van der Waals surface area contributed by atoms with Crippen molar-refractivity contribution in [2.75, 3.05) is 13.1 Å². The van der Waals surface area contributed by atoms with Gasteiger partial charge in [-0.15, -0.1) is 0 Å². The number of nitrogens with zero attached hydrogens (tertiary/aromatic N) is 4. The minimum absolute atomic E-state index is 0.0637. The summed E-state index contributed by atoms with van der Waals surface area (Å²) in [5.41, 5.74) is 0.853. The van der Waals surface area contributed by atoms with Crippen LogP contribution in [-0.2, 0) is 11.8 Å². The van der Waals surface area contributed by atoms with Crippen LogP contribution in [0.3, 0.4) is 0 Å². The number of aromatic hydroxyl groups is 1. The Bertz CT molecular complexity index is 1370. The summed E-state index contributed by atoms with van der Waals surface area (Å²) in [6, 6.07) is 3.59. The largest absolute Gasteiger partial charge is 0.504 e. The summed E-state index contributed by atoms with van der Waals surface area (Å²) in [6.45, 7) is 5.50. The Morgan fingerprint density at radius 3 is 2.94 bits per heavy atom. The molecule has 2 aliphatic carbocycles. The van der Waals surface area contributed by atoms with Crippen LogP contribution < -0.4 is 10.3 Å². The molecule has 1 spiro atoms. The number of hydrogen-bond acceptors (Lipinski definition) is 7. The summed E-state index contributed by atoms with van der Waals surface area (Å²) in [7, 11) is 0. The highest BCUT2D eigenvalue weighted by molar-refractivity contribution is 5.62. The molecule has 0 amide bonds. The fraction of sp³-hybridized carbons (Fsp3) is 0.542. The predicted octanol–water partition coefficient (Wildman–Crippen LogP) is 1.59. The van der Waals surface area contributed by atoms with Crippen LogP contribution in [0.2, 0.25) is 0 Å². The Kier molecular flexibility index (Phi) is 3.64. The zero-order chi connectivity index (χ0) is 22.7. The molecule has 4 atom stereocenters. The maximum Gasteiger partial charge on any atom is 0.278 e. The molecule has 172 valence electrons. The third kappa shape index (κ3) is 2.31. The lowest BCUT2D eigenvalue weighted by Gasteiger charge is -2.60. The number of rotatable bonds is 3. The van der Waals surface area contributed by atoms with E-state index in [9.17, 15) is 15.0 Å². The van der Waals surface area contributed by atoms with Gasteiger partial charge in [-0.1, -0.05) is 6.07 Å². The zero-order valence-electron chi connectivity index (χ0n) is 18.7. The lowest BCUT2D eigenvalue weighted by atomic mass is 9.53. The Balaban J connectivity index is 1.47. The second-order valence-corrected chi connectivity index (χ2v) is 10.4. The van der Waals surface area contributed by atoms with Gasteiger partial charge in [0.25, 0.3) is 5.56 Å². The van der Waals surface area contributed by atoms with E-state index in [2.05, 4.69) is 20.0 Å². The molecule has 9 heteroatoms. The van der Waals surface area contributed by atoms with Gasteiger partial charge in [0.1, 0.15) is 6.33 Å². The van der Waals surface area contributed by atoms with E-state index >= 15 is 0 Å². The van der Waals surface area contributed by atoms with Crippen molar-refractivity contribution in [3.63, 3.8) is 0 Å². The molecule has 4 heterocycles. The normalized spacial score (nSPS) is 32.7. The van der Waals surface area contributed by atoms with E-state index in [1.54, 1.807) is 13.0 Å². The highest BCUT2D eigenvalue weighted by atomic mass is 16.5. The molecule has 4 aliphatic rings. The van der Waals surface area contributed by atoms with Gasteiger partial charge in [-0.2, -0.15) is 14.6 Å². The van der Waals surface area contributed by atoms with Crippen molar-refractivity contribution >= 4 is 5.78 Å². The second-order valence-electron chi connectivity index (χ2n) is 10.4. The van der Waals surface area contributed by atoms with E-state index in [1.807, 2.05) is 13.0 Å². The number of fused-ring (bicyclic) bond motifs is 2. The molecule has 2 aliphatic heterocycles. The predicted molar refractivity (Wildman–Crippen MR) is 119 cm³/mol. The number of aliphatic hydroxyl groups is 1. The lowest BCUT2D eigenvalue weighted by Crippen LogP contribution is -2.71. The molecule has 1 saturated heterocycles. The fourth-order valence-corrected chi connectivity index (χ4v) is 6.81.